The van der Waals surface area contributed by atoms with Crippen LogP contribution in [-0.2, 0) is 35.2 Å². The first-order valence-corrected chi connectivity index (χ1v) is 19.3. The molecule has 16 nitrogen and oxygen atoms in total. The second kappa shape index (κ2) is 20.0. The highest BCUT2D eigenvalue weighted by atomic mass is 19.4. The van der Waals surface area contributed by atoms with Gasteiger partial charge in [-0.3, -0.25) is 24.0 Å². The highest BCUT2D eigenvalue weighted by Gasteiger charge is 2.49. The van der Waals surface area contributed by atoms with Crippen LogP contribution < -0.4 is 20.7 Å². The highest BCUT2D eigenvalue weighted by molar-refractivity contribution is 5.96. The first-order chi connectivity index (χ1) is 28.8. The first kappa shape index (κ1) is 46.0. The molecule has 2 aromatic carbocycles. The lowest BCUT2D eigenvalue weighted by Gasteiger charge is -2.46. The topological polar surface area (TPSA) is 218 Å². The quantitative estimate of drug-likeness (QED) is 0.0676. The van der Waals surface area contributed by atoms with E-state index in [0.29, 0.717) is 29.7 Å². The van der Waals surface area contributed by atoms with Gasteiger partial charge < -0.3 is 54.9 Å². The Balaban J connectivity index is 1.36. The van der Waals surface area contributed by atoms with E-state index in [1.165, 1.54) is 37.4 Å². The van der Waals surface area contributed by atoms with Crippen molar-refractivity contribution in [1.82, 2.24) is 14.8 Å². The van der Waals surface area contributed by atoms with Crippen LogP contribution in [0.1, 0.15) is 48.7 Å². The van der Waals surface area contributed by atoms with Crippen molar-refractivity contribution in [3.05, 3.63) is 53.7 Å². The molecule has 0 unspecified atom stereocenters. The molecular weight excluding hydrogens is 814 g/mol. The normalized spacial score (nSPS) is 23.0. The van der Waals surface area contributed by atoms with E-state index < -0.39 is 111 Å². The number of piperidine rings is 1. The average Bonchev–Trinajstić information content (AvgIpc) is 3.51. The van der Waals surface area contributed by atoms with Crippen molar-refractivity contribution in [1.29, 1.82) is 0 Å². The number of methoxy groups -OCH3 is 1. The van der Waals surface area contributed by atoms with Gasteiger partial charge in [-0.1, -0.05) is 12.0 Å². The monoisotopic (exact) mass is 861 g/mol. The van der Waals surface area contributed by atoms with Gasteiger partial charge in [0, 0.05) is 42.6 Å². The van der Waals surface area contributed by atoms with E-state index in [-0.39, 0.29) is 35.6 Å². The number of carboxylic acid groups (broad SMARTS) is 3. The molecule has 2 aliphatic rings. The van der Waals surface area contributed by atoms with Gasteiger partial charge >= 0.3 is 30.1 Å². The molecule has 0 saturated carbocycles. The molecule has 0 spiro atoms. The van der Waals surface area contributed by atoms with Crippen molar-refractivity contribution >= 4 is 52.1 Å². The van der Waals surface area contributed by atoms with Gasteiger partial charge in [0.05, 0.1) is 74.1 Å². The van der Waals surface area contributed by atoms with Crippen LogP contribution in [-0.4, -0.2) is 132 Å². The third-order valence-electron chi connectivity index (χ3n) is 10.6. The maximum absolute atomic E-state index is 14.9. The van der Waals surface area contributed by atoms with Gasteiger partial charge in [-0.05, 0) is 61.7 Å². The zero-order valence-corrected chi connectivity index (χ0v) is 33.5. The maximum atomic E-state index is 14.9. The van der Waals surface area contributed by atoms with E-state index in [1.807, 2.05) is 11.9 Å². The van der Waals surface area contributed by atoms with Crippen molar-refractivity contribution in [2.75, 3.05) is 51.0 Å². The number of benzene rings is 2. The minimum atomic E-state index is -4.57. The largest absolute Gasteiger partial charge is 0.495 e. The number of nitrogens with zero attached hydrogens (tertiary/aromatic N) is 2. The lowest BCUT2D eigenvalue weighted by molar-refractivity contribution is -0.179. The minimum Gasteiger partial charge on any atom is -0.495 e. The molecule has 2 saturated heterocycles. The molecule has 3 heterocycles. The molecule has 0 radical (unpaired) electrons. The number of amides is 1. The van der Waals surface area contributed by atoms with Crippen LogP contribution in [0.4, 0.5) is 28.9 Å². The molecule has 3 aromatic rings. The lowest BCUT2D eigenvalue weighted by atomic mass is 9.73. The number of aromatic nitrogens is 1. The number of carbonyl (C=O) groups excluding carboxylic acids is 2. The summed E-state index contributed by atoms with van der Waals surface area (Å²) in [6, 6.07) is 8.66. The number of esters is 1. The fourth-order valence-electron chi connectivity index (χ4n) is 7.87. The van der Waals surface area contributed by atoms with E-state index in [2.05, 4.69) is 27.8 Å². The number of anilines is 2. The number of halogens is 4. The van der Waals surface area contributed by atoms with Gasteiger partial charge in [-0.2, -0.15) is 13.2 Å². The Morgan fingerprint density at radius 2 is 1.66 bits per heavy atom. The van der Waals surface area contributed by atoms with Crippen LogP contribution in [0.15, 0.2) is 42.5 Å². The van der Waals surface area contributed by atoms with Crippen molar-refractivity contribution in [3.63, 3.8) is 0 Å². The van der Waals surface area contributed by atoms with Crippen molar-refractivity contribution in [2.24, 2.45) is 11.8 Å². The Hall–Kier alpha value is -6.07. The van der Waals surface area contributed by atoms with Gasteiger partial charge in [0.1, 0.15) is 25.1 Å². The molecular formula is C41H47F4N5O11. The summed E-state index contributed by atoms with van der Waals surface area (Å²) in [5.74, 6) is -2.12. The highest BCUT2D eigenvalue weighted by Crippen LogP contribution is 2.38. The van der Waals surface area contributed by atoms with Gasteiger partial charge in [-0.25, -0.2) is 4.39 Å². The number of ether oxygens (including phenoxy) is 3. The maximum Gasteiger partial charge on any atom is 0.406 e. The molecule has 6 N–H and O–H groups in total. The number of alkyl halides is 4. The summed E-state index contributed by atoms with van der Waals surface area (Å²) in [5.41, 5.74) is 1.13. The molecule has 1 aromatic heterocycles. The van der Waals surface area contributed by atoms with E-state index in [0.717, 1.165) is 11.5 Å². The number of rotatable bonds is 16. The van der Waals surface area contributed by atoms with E-state index in [1.54, 1.807) is 12.1 Å². The summed E-state index contributed by atoms with van der Waals surface area (Å²) in [5, 5.41) is 38.4. The number of hydrogen-bond donors (Lipinski definition) is 6. The van der Waals surface area contributed by atoms with Crippen LogP contribution in [0.3, 0.4) is 0 Å². The number of hydrogen-bond acceptors (Lipinski definition) is 11. The number of carboxylic acids is 3. The zero-order chi connectivity index (χ0) is 44.6. The van der Waals surface area contributed by atoms with Gasteiger partial charge in [-0.15, -0.1) is 0 Å². The molecule has 2 aliphatic heterocycles. The summed E-state index contributed by atoms with van der Waals surface area (Å²) < 4.78 is 73.7. The van der Waals surface area contributed by atoms with Crippen LogP contribution in [0.2, 0.25) is 0 Å². The van der Waals surface area contributed by atoms with Crippen LogP contribution >= 0.6 is 0 Å². The number of aliphatic carboxylic acids is 3. The van der Waals surface area contributed by atoms with Gasteiger partial charge in [0.2, 0.25) is 0 Å². The van der Waals surface area contributed by atoms with Crippen molar-refractivity contribution in [3.8, 4) is 17.6 Å². The Kier molecular flexibility index (Phi) is 15.1. The minimum absolute atomic E-state index is 0.0196. The fraction of sp³-hybridized carbons (Fsp3) is 0.488. The second-order valence-corrected chi connectivity index (χ2v) is 15.0. The molecule has 1 amide bonds. The summed E-state index contributed by atoms with van der Waals surface area (Å²) in [7, 11) is 3.13. The number of fused-ring (bicyclic) bond motifs is 1. The number of carbonyl (C=O) groups is 5. The predicted molar refractivity (Wildman–Crippen MR) is 211 cm³/mol. The zero-order valence-electron chi connectivity index (χ0n) is 33.5. The molecule has 330 valence electrons. The Bertz CT molecular complexity index is 2170. The smallest absolute Gasteiger partial charge is 0.406 e. The second-order valence-electron chi connectivity index (χ2n) is 15.0. The van der Waals surface area contributed by atoms with Gasteiger partial charge in [0.15, 0.2) is 0 Å². The summed E-state index contributed by atoms with van der Waals surface area (Å²) in [6.45, 7) is 0.0997. The molecule has 0 aliphatic carbocycles. The van der Waals surface area contributed by atoms with E-state index in [9.17, 15) is 56.9 Å². The lowest BCUT2D eigenvalue weighted by Crippen LogP contribution is -2.60. The SMILES string of the molecule is COc1cc(C(=O)N[C@@H]2[C@H](CC(=O)O)[C@H](CC(=O)O)[C@H](COC(C)=O)O[C@H]2CC(=O)O)ccc1NCC#Cc1cc2c(N[C@@H]3CCN(C)C[C@@H]3F)cccc2n1CC(F)(F)F. The standard InChI is InChI=1S/C41H47F4N5O11/c1-22(51)60-20-35-25(16-36(52)53)26(17-37(54)55)39(34(61-35)18-38(56)57)48-40(58)23-9-10-31(33(14-23)59-3)46-12-5-6-24-15-27-29(47-30-11-13-49(2)19-28(30)42)7-4-8-32(27)50(24)21-41(43,44)45/h4,7-10,14-15,25-26,28,30,34-35,39,46-47H,11-13,16-21H2,1-3H3,(H,48,58)(H,52,53)(H,54,55)(H,56,57)/t25-,26+,28-,30+,34-,35-,39+/m0/s1. The van der Waals surface area contributed by atoms with Crippen molar-refractivity contribution in [2.45, 2.75) is 75.8 Å². The molecule has 61 heavy (non-hydrogen) atoms. The van der Waals surface area contributed by atoms with E-state index >= 15 is 0 Å². The Labute approximate surface area is 347 Å². The Morgan fingerprint density at radius 3 is 2.30 bits per heavy atom. The Morgan fingerprint density at radius 1 is 0.951 bits per heavy atom. The summed E-state index contributed by atoms with van der Waals surface area (Å²) >= 11 is 0. The average molecular weight is 862 g/mol. The van der Waals surface area contributed by atoms with Crippen LogP contribution in [0.25, 0.3) is 10.9 Å². The predicted octanol–water partition coefficient (Wildman–Crippen LogP) is 4.22. The summed E-state index contributed by atoms with van der Waals surface area (Å²) in [4.78, 5) is 62.9. The number of nitrogens with one attached hydrogen (secondary N) is 3. The van der Waals surface area contributed by atoms with Crippen LogP contribution in [0.5, 0.6) is 5.75 Å². The third kappa shape index (κ3) is 12.3. The fourth-order valence-corrected chi connectivity index (χ4v) is 7.87. The molecule has 0 bridgehead atoms. The third-order valence-corrected chi connectivity index (χ3v) is 10.6. The summed E-state index contributed by atoms with van der Waals surface area (Å²) in [6.07, 6.45) is -9.82. The molecule has 2 fully saturated rings. The van der Waals surface area contributed by atoms with E-state index in [4.69, 9.17) is 14.2 Å². The van der Waals surface area contributed by atoms with Crippen LogP contribution in [0, 0.1) is 23.7 Å². The first-order valence-electron chi connectivity index (χ1n) is 19.3. The van der Waals surface area contributed by atoms with Gasteiger partial charge in [0.25, 0.3) is 5.91 Å². The molecule has 5 rings (SSSR count). The van der Waals surface area contributed by atoms with Crippen molar-refractivity contribution < 1.29 is 71.1 Å². The molecule has 7 atom stereocenters. The number of likely N-dealkylation sites (tertiary alicyclic amines) is 1. The molecule has 20 heteroatoms.